The van der Waals surface area contributed by atoms with Gasteiger partial charge >= 0.3 is 0 Å². The summed E-state index contributed by atoms with van der Waals surface area (Å²) in [6.07, 6.45) is 2.44. The lowest BCUT2D eigenvalue weighted by molar-refractivity contribution is -0.122. The average Bonchev–Trinajstić information content (AvgIpc) is 3.24. The van der Waals surface area contributed by atoms with Crippen LogP contribution in [-0.2, 0) is 11.3 Å². The normalized spacial score (nSPS) is 15.7. The molecule has 0 aliphatic heterocycles. The summed E-state index contributed by atoms with van der Waals surface area (Å²) in [5, 5.41) is 7.39. The molecule has 1 atom stereocenters. The van der Waals surface area contributed by atoms with Crippen LogP contribution in [0.2, 0.25) is 0 Å². The Balaban J connectivity index is 1.74. The number of aromatic nitrogens is 3. The van der Waals surface area contributed by atoms with E-state index in [2.05, 4.69) is 22.3 Å². The van der Waals surface area contributed by atoms with Gasteiger partial charge in [-0.3, -0.25) is 4.79 Å². The molecule has 0 spiro atoms. The topological polar surface area (TPSA) is 59.8 Å². The van der Waals surface area contributed by atoms with Gasteiger partial charge in [0.2, 0.25) is 5.91 Å². The maximum absolute atomic E-state index is 12.1. The van der Waals surface area contributed by atoms with E-state index in [1.807, 2.05) is 37.3 Å². The Morgan fingerprint density at radius 3 is 2.76 bits per heavy atom. The van der Waals surface area contributed by atoms with Gasteiger partial charge in [-0.15, -0.1) is 0 Å². The van der Waals surface area contributed by atoms with Crippen molar-refractivity contribution in [2.45, 2.75) is 39.3 Å². The van der Waals surface area contributed by atoms with E-state index in [4.69, 9.17) is 0 Å². The first-order valence-electron chi connectivity index (χ1n) is 7.39. The predicted octanol–water partition coefficient (Wildman–Crippen LogP) is 2.17. The lowest BCUT2D eigenvalue weighted by atomic mass is 10.2. The number of carbonyl (C=O) groups is 1. The number of amides is 1. The largest absolute Gasteiger partial charge is 0.352 e. The molecule has 5 heteroatoms. The first kappa shape index (κ1) is 13.8. The Morgan fingerprint density at radius 1 is 1.38 bits per heavy atom. The molecule has 1 N–H and O–H groups in total. The van der Waals surface area contributed by atoms with Gasteiger partial charge in [0, 0.05) is 11.6 Å². The zero-order valence-corrected chi connectivity index (χ0v) is 12.4. The van der Waals surface area contributed by atoms with Crippen LogP contribution in [0.5, 0.6) is 0 Å². The number of carbonyl (C=O) groups excluding carboxylic acids is 1. The van der Waals surface area contributed by atoms with Crippen molar-refractivity contribution in [3.05, 3.63) is 36.2 Å². The van der Waals surface area contributed by atoms with Crippen molar-refractivity contribution in [3.8, 4) is 11.4 Å². The van der Waals surface area contributed by atoms with Gasteiger partial charge in [-0.25, -0.2) is 9.67 Å². The van der Waals surface area contributed by atoms with Crippen molar-refractivity contribution >= 4 is 5.91 Å². The Kier molecular flexibility index (Phi) is 3.73. The number of hydrogen-bond donors (Lipinski definition) is 1. The van der Waals surface area contributed by atoms with E-state index in [0.29, 0.717) is 11.7 Å². The van der Waals surface area contributed by atoms with Crippen molar-refractivity contribution < 1.29 is 4.79 Å². The fourth-order valence-electron chi connectivity index (χ4n) is 2.52. The van der Waals surface area contributed by atoms with Crippen molar-refractivity contribution in [1.82, 2.24) is 20.1 Å². The van der Waals surface area contributed by atoms with Gasteiger partial charge in [0.1, 0.15) is 12.4 Å². The number of nitrogens with zero attached hydrogens (tertiary/aromatic N) is 3. The lowest BCUT2D eigenvalue weighted by Gasteiger charge is -2.13. The molecule has 1 aliphatic carbocycles. The van der Waals surface area contributed by atoms with Gasteiger partial charge in [0.25, 0.3) is 0 Å². The molecule has 3 rings (SSSR count). The van der Waals surface area contributed by atoms with Crippen LogP contribution in [0.1, 0.15) is 25.6 Å². The van der Waals surface area contributed by atoms with Gasteiger partial charge in [-0.05, 0) is 32.6 Å². The highest BCUT2D eigenvalue weighted by atomic mass is 16.2. The lowest BCUT2D eigenvalue weighted by Crippen LogP contribution is -2.36. The summed E-state index contributed by atoms with van der Waals surface area (Å²) in [5.74, 6) is 2.07. The molecule has 1 aliphatic rings. The molecule has 110 valence electrons. The third kappa shape index (κ3) is 3.29. The van der Waals surface area contributed by atoms with E-state index < -0.39 is 0 Å². The molecular formula is C16H20N4O. The molecule has 2 aromatic rings. The van der Waals surface area contributed by atoms with Gasteiger partial charge in [0.15, 0.2) is 5.82 Å². The number of nitrogens with one attached hydrogen (secondary N) is 1. The SMILES string of the molecule is Cc1nc(-c2ccccc2)n(CC(=O)NC(C)C2CC2)n1. The minimum Gasteiger partial charge on any atom is -0.352 e. The van der Waals surface area contributed by atoms with Crippen LogP contribution >= 0.6 is 0 Å². The molecule has 1 saturated carbocycles. The number of hydrogen-bond acceptors (Lipinski definition) is 3. The molecule has 1 aromatic heterocycles. The second kappa shape index (κ2) is 5.68. The van der Waals surface area contributed by atoms with E-state index in [9.17, 15) is 4.79 Å². The maximum atomic E-state index is 12.1. The second-order valence-corrected chi connectivity index (χ2v) is 5.70. The zero-order valence-electron chi connectivity index (χ0n) is 12.4. The molecule has 1 heterocycles. The smallest absolute Gasteiger partial charge is 0.242 e. The van der Waals surface area contributed by atoms with E-state index in [1.54, 1.807) is 4.68 Å². The van der Waals surface area contributed by atoms with E-state index in [1.165, 1.54) is 12.8 Å². The number of rotatable bonds is 5. The molecule has 5 nitrogen and oxygen atoms in total. The third-order valence-corrected chi connectivity index (χ3v) is 3.82. The van der Waals surface area contributed by atoms with Gasteiger partial charge in [-0.2, -0.15) is 5.10 Å². The van der Waals surface area contributed by atoms with Gasteiger partial charge < -0.3 is 5.32 Å². The number of aryl methyl sites for hydroxylation is 1. The highest BCUT2D eigenvalue weighted by Crippen LogP contribution is 2.32. The fourth-order valence-corrected chi connectivity index (χ4v) is 2.52. The molecule has 1 fully saturated rings. The summed E-state index contributed by atoms with van der Waals surface area (Å²) in [7, 11) is 0. The van der Waals surface area contributed by atoms with Crippen LogP contribution in [0, 0.1) is 12.8 Å². The quantitative estimate of drug-likeness (QED) is 0.915. The highest BCUT2D eigenvalue weighted by Gasteiger charge is 2.29. The standard InChI is InChI=1S/C16H20N4O/c1-11(13-8-9-13)17-15(21)10-20-16(18-12(2)19-20)14-6-4-3-5-7-14/h3-7,11,13H,8-10H2,1-2H3,(H,17,21). The van der Waals surface area contributed by atoms with Crippen LogP contribution in [0.3, 0.4) is 0 Å². The molecule has 0 bridgehead atoms. The molecule has 0 radical (unpaired) electrons. The maximum Gasteiger partial charge on any atom is 0.242 e. The fraction of sp³-hybridized carbons (Fsp3) is 0.438. The number of benzene rings is 1. The van der Waals surface area contributed by atoms with Gasteiger partial charge in [-0.1, -0.05) is 30.3 Å². The summed E-state index contributed by atoms with van der Waals surface area (Å²) in [4.78, 5) is 16.6. The average molecular weight is 284 g/mol. The van der Waals surface area contributed by atoms with Crippen LogP contribution in [-0.4, -0.2) is 26.7 Å². The molecule has 0 saturated heterocycles. The molecule has 1 aromatic carbocycles. The first-order valence-corrected chi connectivity index (χ1v) is 7.39. The van der Waals surface area contributed by atoms with E-state index >= 15 is 0 Å². The molecule has 1 amide bonds. The zero-order chi connectivity index (χ0) is 14.8. The summed E-state index contributed by atoms with van der Waals surface area (Å²) >= 11 is 0. The van der Waals surface area contributed by atoms with Crippen LogP contribution in [0.25, 0.3) is 11.4 Å². The Hall–Kier alpha value is -2.17. The minimum absolute atomic E-state index is 0.00326. The second-order valence-electron chi connectivity index (χ2n) is 5.70. The molecule has 1 unspecified atom stereocenters. The summed E-state index contributed by atoms with van der Waals surface area (Å²) in [6, 6.07) is 10.1. The Labute approximate surface area is 124 Å². The summed E-state index contributed by atoms with van der Waals surface area (Å²) in [5.41, 5.74) is 0.973. The summed E-state index contributed by atoms with van der Waals surface area (Å²) < 4.78 is 1.68. The van der Waals surface area contributed by atoms with E-state index in [0.717, 1.165) is 11.4 Å². The van der Waals surface area contributed by atoms with Crippen molar-refractivity contribution in [3.63, 3.8) is 0 Å². The van der Waals surface area contributed by atoms with Crippen molar-refractivity contribution in [2.75, 3.05) is 0 Å². The van der Waals surface area contributed by atoms with Crippen LogP contribution < -0.4 is 5.32 Å². The van der Waals surface area contributed by atoms with Crippen molar-refractivity contribution in [2.24, 2.45) is 5.92 Å². The van der Waals surface area contributed by atoms with Gasteiger partial charge in [0.05, 0.1) is 0 Å². The summed E-state index contributed by atoms with van der Waals surface area (Å²) in [6.45, 7) is 4.12. The third-order valence-electron chi connectivity index (χ3n) is 3.82. The first-order chi connectivity index (χ1) is 10.1. The Bertz CT molecular complexity index is 631. The highest BCUT2D eigenvalue weighted by molar-refractivity contribution is 5.76. The monoisotopic (exact) mass is 284 g/mol. The van der Waals surface area contributed by atoms with Crippen molar-refractivity contribution in [1.29, 1.82) is 0 Å². The Morgan fingerprint density at radius 2 is 2.10 bits per heavy atom. The molecular weight excluding hydrogens is 264 g/mol. The van der Waals surface area contributed by atoms with Crippen LogP contribution in [0.4, 0.5) is 0 Å². The minimum atomic E-state index is -0.00326. The molecule has 21 heavy (non-hydrogen) atoms. The predicted molar refractivity (Wildman–Crippen MR) is 80.5 cm³/mol. The van der Waals surface area contributed by atoms with Crippen LogP contribution in [0.15, 0.2) is 30.3 Å². The van der Waals surface area contributed by atoms with E-state index in [-0.39, 0.29) is 18.5 Å².